The second-order valence-electron chi connectivity index (χ2n) is 5.80. The Bertz CT molecular complexity index is 586. The molecule has 1 fully saturated rings. The highest BCUT2D eigenvalue weighted by molar-refractivity contribution is 7.89. The first-order chi connectivity index (χ1) is 8.70. The number of halogens is 2. The average molecular weight is 306 g/mol. The van der Waals surface area contributed by atoms with Crippen molar-refractivity contribution < 1.29 is 12.8 Å². The van der Waals surface area contributed by atoms with Gasteiger partial charge in [0.1, 0.15) is 5.82 Å². The molecule has 1 aromatic rings. The third-order valence-corrected chi connectivity index (χ3v) is 5.30. The van der Waals surface area contributed by atoms with Crippen LogP contribution in [-0.2, 0) is 10.0 Å². The van der Waals surface area contributed by atoms with Crippen LogP contribution in [0.25, 0.3) is 0 Å². The van der Waals surface area contributed by atoms with E-state index in [9.17, 15) is 12.8 Å². The molecule has 106 valence electrons. The van der Waals surface area contributed by atoms with Crippen molar-refractivity contribution in [2.24, 2.45) is 5.41 Å². The Morgan fingerprint density at radius 3 is 2.63 bits per heavy atom. The van der Waals surface area contributed by atoms with Gasteiger partial charge in [0.15, 0.2) is 0 Å². The monoisotopic (exact) mass is 305 g/mol. The molecule has 0 aliphatic heterocycles. The van der Waals surface area contributed by atoms with Gasteiger partial charge in [-0.05, 0) is 42.9 Å². The smallest absolute Gasteiger partial charge is 0.208 e. The van der Waals surface area contributed by atoms with E-state index in [0.29, 0.717) is 0 Å². The lowest BCUT2D eigenvalue weighted by Crippen LogP contribution is -2.33. The second kappa shape index (κ2) is 5.04. The predicted octanol–water partition coefficient (Wildman–Crippen LogP) is 3.34. The molecule has 3 nitrogen and oxygen atoms in total. The highest BCUT2D eigenvalue weighted by Crippen LogP contribution is 2.37. The largest absolute Gasteiger partial charge is 0.240 e. The molecule has 2 rings (SSSR count). The Morgan fingerprint density at radius 2 is 2.11 bits per heavy atom. The normalized spacial score (nSPS) is 22.6. The third kappa shape index (κ3) is 3.46. The van der Waals surface area contributed by atoms with Crippen molar-refractivity contribution in [3.05, 3.63) is 29.0 Å². The molecule has 0 saturated heterocycles. The molecule has 0 radical (unpaired) electrons. The van der Waals surface area contributed by atoms with Gasteiger partial charge in [-0.2, -0.15) is 0 Å². The summed E-state index contributed by atoms with van der Waals surface area (Å²) >= 11 is 5.61. The minimum Gasteiger partial charge on any atom is -0.208 e. The van der Waals surface area contributed by atoms with Crippen LogP contribution in [0.1, 0.15) is 33.1 Å². The fourth-order valence-corrected chi connectivity index (χ4v) is 4.01. The van der Waals surface area contributed by atoms with Gasteiger partial charge in [0.05, 0.1) is 9.92 Å². The molecule has 1 atom stereocenters. The van der Waals surface area contributed by atoms with E-state index in [4.69, 9.17) is 11.6 Å². The van der Waals surface area contributed by atoms with E-state index in [1.807, 2.05) is 0 Å². The molecule has 1 N–H and O–H groups in total. The first-order valence-electron chi connectivity index (χ1n) is 6.17. The molecule has 1 saturated carbocycles. The first-order valence-corrected chi connectivity index (χ1v) is 8.03. The van der Waals surface area contributed by atoms with E-state index in [1.54, 1.807) is 0 Å². The zero-order valence-corrected chi connectivity index (χ0v) is 12.5. The Morgan fingerprint density at radius 1 is 1.42 bits per heavy atom. The number of sulfonamides is 1. The van der Waals surface area contributed by atoms with Crippen LogP contribution in [0.3, 0.4) is 0 Å². The van der Waals surface area contributed by atoms with Gasteiger partial charge in [-0.3, -0.25) is 0 Å². The predicted molar refractivity (Wildman–Crippen MR) is 73.2 cm³/mol. The van der Waals surface area contributed by atoms with Gasteiger partial charge < -0.3 is 0 Å². The summed E-state index contributed by atoms with van der Waals surface area (Å²) in [6.07, 6.45) is 2.62. The summed E-state index contributed by atoms with van der Waals surface area (Å²) in [5.41, 5.74) is 0.160. The van der Waals surface area contributed by atoms with E-state index in [1.165, 1.54) is 6.07 Å². The minimum absolute atomic E-state index is 0.00334. The van der Waals surface area contributed by atoms with Gasteiger partial charge in [0.25, 0.3) is 0 Å². The molecule has 0 spiro atoms. The van der Waals surface area contributed by atoms with Crippen molar-refractivity contribution in [3.8, 4) is 0 Å². The Kier molecular flexibility index (Phi) is 3.91. The summed E-state index contributed by atoms with van der Waals surface area (Å²) in [7, 11) is -3.63. The Hall–Kier alpha value is -0.650. The summed E-state index contributed by atoms with van der Waals surface area (Å²) in [5, 5.41) is -0.186. The molecule has 0 aromatic heterocycles. The molecule has 0 bridgehead atoms. The van der Waals surface area contributed by atoms with E-state index < -0.39 is 15.8 Å². The van der Waals surface area contributed by atoms with Crippen molar-refractivity contribution >= 4 is 21.6 Å². The molecule has 19 heavy (non-hydrogen) atoms. The lowest BCUT2D eigenvalue weighted by molar-refractivity contribution is 0.372. The molecule has 0 heterocycles. The zero-order valence-electron chi connectivity index (χ0n) is 10.9. The van der Waals surface area contributed by atoms with Crippen molar-refractivity contribution in [2.75, 3.05) is 0 Å². The van der Waals surface area contributed by atoms with Crippen molar-refractivity contribution in [3.63, 3.8) is 0 Å². The Labute approximate surface area is 118 Å². The van der Waals surface area contributed by atoms with Crippen molar-refractivity contribution in [1.29, 1.82) is 0 Å². The van der Waals surface area contributed by atoms with Crippen molar-refractivity contribution in [2.45, 2.75) is 44.0 Å². The number of hydrogen-bond acceptors (Lipinski definition) is 2. The van der Waals surface area contributed by atoms with Gasteiger partial charge in [0.2, 0.25) is 10.0 Å². The maximum absolute atomic E-state index is 13.0. The van der Waals surface area contributed by atoms with Crippen LogP contribution in [0.5, 0.6) is 0 Å². The van der Waals surface area contributed by atoms with Crippen LogP contribution < -0.4 is 4.72 Å². The molecule has 1 aliphatic carbocycles. The van der Waals surface area contributed by atoms with Crippen LogP contribution in [0.2, 0.25) is 5.02 Å². The Balaban J connectivity index is 2.17. The van der Waals surface area contributed by atoms with Gasteiger partial charge in [-0.1, -0.05) is 25.4 Å². The highest BCUT2D eigenvalue weighted by Gasteiger charge is 2.33. The van der Waals surface area contributed by atoms with Crippen LogP contribution in [-0.4, -0.2) is 14.5 Å². The fourth-order valence-electron chi connectivity index (χ4n) is 2.47. The van der Waals surface area contributed by atoms with Gasteiger partial charge in [0, 0.05) is 6.04 Å². The SMILES string of the molecule is CC1(C)CCC(NS(=O)(=O)c2ccc(F)c(Cl)c2)C1. The topological polar surface area (TPSA) is 46.2 Å². The molecule has 1 aromatic carbocycles. The van der Waals surface area contributed by atoms with Crippen LogP contribution in [0.15, 0.2) is 23.1 Å². The number of rotatable bonds is 3. The first kappa shape index (κ1) is 14.8. The lowest BCUT2D eigenvalue weighted by Gasteiger charge is -2.18. The average Bonchev–Trinajstić information content (AvgIpc) is 2.61. The quantitative estimate of drug-likeness (QED) is 0.931. The van der Waals surface area contributed by atoms with E-state index in [0.717, 1.165) is 31.4 Å². The molecule has 1 unspecified atom stereocenters. The van der Waals surface area contributed by atoms with E-state index >= 15 is 0 Å². The summed E-state index contributed by atoms with van der Waals surface area (Å²) in [6.45, 7) is 4.24. The van der Waals surface area contributed by atoms with Crippen LogP contribution >= 0.6 is 11.6 Å². The van der Waals surface area contributed by atoms with Crippen LogP contribution in [0, 0.1) is 11.2 Å². The van der Waals surface area contributed by atoms with E-state index in [-0.39, 0.29) is 21.4 Å². The standard InChI is InChI=1S/C13H17ClFNO2S/c1-13(2)6-5-9(8-13)16-19(17,18)10-3-4-12(15)11(14)7-10/h3-4,7,9,16H,5-6,8H2,1-2H3. The second-order valence-corrected chi connectivity index (χ2v) is 7.92. The molecule has 6 heteroatoms. The zero-order chi connectivity index (χ0) is 14.3. The van der Waals surface area contributed by atoms with Crippen LogP contribution in [0.4, 0.5) is 4.39 Å². The number of hydrogen-bond donors (Lipinski definition) is 1. The highest BCUT2D eigenvalue weighted by atomic mass is 35.5. The minimum atomic E-state index is -3.63. The maximum Gasteiger partial charge on any atom is 0.240 e. The van der Waals surface area contributed by atoms with Gasteiger partial charge in [-0.15, -0.1) is 0 Å². The molecule has 0 amide bonds. The molecular formula is C13H17ClFNO2S. The summed E-state index contributed by atoms with van der Waals surface area (Å²) < 4.78 is 40.1. The summed E-state index contributed by atoms with van der Waals surface area (Å²) in [4.78, 5) is 0.00334. The van der Waals surface area contributed by atoms with Gasteiger partial charge in [-0.25, -0.2) is 17.5 Å². The van der Waals surface area contributed by atoms with Crippen molar-refractivity contribution in [1.82, 2.24) is 4.72 Å². The number of nitrogens with one attached hydrogen (secondary N) is 1. The summed E-state index contributed by atoms with van der Waals surface area (Å²) in [5.74, 6) is -0.623. The maximum atomic E-state index is 13.0. The number of benzene rings is 1. The third-order valence-electron chi connectivity index (χ3n) is 3.49. The molecular weight excluding hydrogens is 289 g/mol. The summed E-state index contributed by atoms with van der Waals surface area (Å²) in [6, 6.07) is 3.36. The lowest BCUT2D eigenvalue weighted by atomic mass is 9.92. The van der Waals surface area contributed by atoms with Gasteiger partial charge >= 0.3 is 0 Å². The fraction of sp³-hybridized carbons (Fsp3) is 0.538. The van der Waals surface area contributed by atoms with E-state index in [2.05, 4.69) is 18.6 Å². The molecule has 1 aliphatic rings.